The SMILES string of the molecule is C[C@H](N)Cc1sc2c(NCc3ccco3)nc(Cl)nc2c1Br.Cl.Cl. The molecule has 0 fully saturated rings. The van der Waals surface area contributed by atoms with Crippen molar-refractivity contribution in [3.8, 4) is 0 Å². The third kappa shape index (κ3) is 4.74. The number of hydrogen-bond acceptors (Lipinski definition) is 6. The predicted octanol–water partition coefficient (Wildman–Crippen LogP) is 5.05. The molecule has 0 aliphatic rings. The van der Waals surface area contributed by atoms with Gasteiger partial charge in [0.1, 0.15) is 17.1 Å². The van der Waals surface area contributed by atoms with Gasteiger partial charge in [0, 0.05) is 10.9 Å². The fourth-order valence-corrected chi connectivity index (χ4v) is 4.33. The molecule has 3 N–H and O–H groups in total. The number of halogens is 4. The van der Waals surface area contributed by atoms with E-state index in [1.54, 1.807) is 17.6 Å². The first-order valence-corrected chi connectivity index (χ1v) is 8.69. The molecule has 3 heterocycles. The van der Waals surface area contributed by atoms with Crippen LogP contribution >= 0.6 is 63.7 Å². The Kier molecular flexibility index (Phi) is 8.25. The Labute approximate surface area is 169 Å². The number of fused-ring (bicyclic) bond motifs is 1. The summed E-state index contributed by atoms with van der Waals surface area (Å²) in [7, 11) is 0. The van der Waals surface area contributed by atoms with Crippen LogP contribution in [0, 0.1) is 0 Å². The van der Waals surface area contributed by atoms with Crippen LogP contribution in [0.2, 0.25) is 5.28 Å². The number of anilines is 1. The van der Waals surface area contributed by atoms with Crippen LogP contribution in [0.25, 0.3) is 10.2 Å². The highest BCUT2D eigenvalue weighted by Crippen LogP contribution is 2.39. The van der Waals surface area contributed by atoms with E-state index in [-0.39, 0.29) is 36.1 Å². The van der Waals surface area contributed by atoms with Crippen molar-refractivity contribution in [3.05, 3.63) is 38.8 Å². The van der Waals surface area contributed by atoms with Gasteiger partial charge in [-0.3, -0.25) is 0 Å². The van der Waals surface area contributed by atoms with Crippen molar-refractivity contribution in [1.82, 2.24) is 9.97 Å². The van der Waals surface area contributed by atoms with Gasteiger partial charge in [0.05, 0.1) is 22.0 Å². The van der Waals surface area contributed by atoms with Gasteiger partial charge in [-0.25, -0.2) is 4.98 Å². The number of nitrogens with two attached hydrogens (primary N) is 1. The summed E-state index contributed by atoms with van der Waals surface area (Å²) in [4.78, 5) is 9.76. The number of aromatic nitrogens is 2. The molecule has 10 heteroatoms. The van der Waals surface area contributed by atoms with Crippen molar-refractivity contribution in [1.29, 1.82) is 0 Å². The monoisotopic (exact) mass is 472 g/mol. The molecule has 0 saturated carbocycles. The Morgan fingerprint density at radius 2 is 2.17 bits per heavy atom. The molecule has 3 rings (SSSR count). The van der Waals surface area contributed by atoms with E-state index < -0.39 is 0 Å². The number of thiophene rings is 1. The molecule has 0 saturated heterocycles. The second-order valence-corrected chi connectivity index (χ2v) is 7.21. The third-order valence-electron chi connectivity index (χ3n) is 3.03. The fraction of sp³-hybridized carbons (Fsp3) is 0.286. The maximum absolute atomic E-state index is 6.04. The van der Waals surface area contributed by atoms with Crippen LogP contribution in [0.3, 0.4) is 0 Å². The van der Waals surface area contributed by atoms with Gasteiger partial charge in [-0.05, 0) is 53.0 Å². The van der Waals surface area contributed by atoms with Crippen molar-refractivity contribution >= 4 is 79.7 Å². The van der Waals surface area contributed by atoms with Crippen molar-refractivity contribution in [2.75, 3.05) is 5.32 Å². The lowest BCUT2D eigenvalue weighted by molar-refractivity contribution is 0.518. The number of hydrogen-bond donors (Lipinski definition) is 2. The molecule has 3 aromatic rings. The van der Waals surface area contributed by atoms with Crippen LogP contribution < -0.4 is 11.1 Å². The second kappa shape index (κ2) is 9.22. The highest BCUT2D eigenvalue weighted by molar-refractivity contribution is 9.10. The molecule has 0 aliphatic carbocycles. The average molecular weight is 475 g/mol. The van der Waals surface area contributed by atoms with Gasteiger partial charge < -0.3 is 15.5 Å². The molecule has 3 aromatic heterocycles. The minimum absolute atomic E-state index is 0. The molecular weight excluding hydrogens is 459 g/mol. The Balaban J connectivity index is 0.00000144. The van der Waals surface area contributed by atoms with Crippen molar-refractivity contribution in [2.24, 2.45) is 5.73 Å². The Morgan fingerprint density at radius 3 is 2.79 bits per heavy atom. The summed E-state index contributed by atoms with van der Waals surface area (Å²) in [5, 5.41) is 3.46. The summed E-state index contributed by atoms with van der Waals surface area (Å²) >= 11 is 11.3. The van der Waals surface area contributed by atoms with Crippen molar-refractivity contribution in [3.63, 3.8) is 0 Å². The van der Waals surface area contributed by atoms with Gasteiger partial charge in [-0.15, -0.1) is 36.2 Å². The smallest absolute Gasteiger partial charge is 0.225 e. The van der Waals surface area contributed by atoms with E-state index >= 15 is 0 Å². The predicted molar refractivity (Wildman–Crippen MR) is 108 cm³/mol. The quantitative estimate of drug-likeness (QED) is 0.506. The summed E-state index contributed by atoms with van der Waals surface area (Å²) in [5.41, 5.74) is 6.71. The number of nitrogens with zero attached hydrogens (tertiary/aromatic N) is 2. The van der Waals surface area contributed by atoms with Gasteiger partial charge in [0.15, 0.2) is 0 Å². The molecule has 0 bridgehead atoms. The van der Waals surface area contributed by atoms with Crippen LogP contribution in [0.15, 0.2) is 27.3 Å². The third-order valence-corrected chi connectivity index (χ3v) is 5.53. The van der Waals surface area contributed by atoms with E-state index in [4.69, 9.17) is 21.8 Å². The minimum atomic E-state index is 0. The van der Waals surface area contributed by atoms with Crippen LogP contribution in [0.5, 0.6) is 0 Å². The molecule has 5 nitrogen and oxygen atoms in total. The molecule has 0 spiro atoms. The molecular formula is C14H16BrCl3N4OS. The Morgan fingerprint density at radius 1 is 1.42 bits per heavy atom. The summed E-state index contributed by atoms with van der Waals surface area (Å²) in [5.74, 6) is 1.53. The molecule has 132 valence electrons. The Bertz CT molecular complexity index is 795. The van der Waals surface area contributed by atoms with Crippen LogP contribution in [-0.2, 0) is 13.0 Å². The second-order valence-electron chi connectivity index (χ2n) is 4.97. The maximum Gasteiger partial charge on any atom is 0.225 e. The zero-order valence-electron chi connectivity index (χ0n) is 12.6. The fourth-order valence-electron chi connectivity index (χ4n) is 2.10. The van der Waals surface area contributed by atoms with E-state index in [1.807, 2.05) is 19.1 Å². The van der Waals surface area contributed by atoms with Crippen molar-refractivity contribution in [2.45, 2.75) is 25.9 Å². The summed E-state index contributed by atoms with van der Waals surface area (Å²) in [6, 6.07) is 3.83. The number of nitrogens with one attached hydrogen (secondary N) is 1. The van der Waals surface area contributed by atoms with Crippen LogP contribution in [-0.4, -0.2) is 16.0 Å². The van der Waals surface area contributed by atoms with E-state index in [0.717, 1.165) is 31.7 Å². The lowest BCUT2D eigenvalue weighted by Gasteiger charge is -2.05. The van der Waals surface area contributed by atoms with Crippen LogP contribution in [0.1, 0.15) is 17.6 Å². The highest BCUT2D eigenvalue weighted by atomic mass is 79.9. The number of furan rings is 1. The topological polar surface area (TPSA) is 77.0 Å². The largest absolute Gasteiger partial charge is 0.467 e. The van der Waals surface area contributed by atoms with Gasteiger partial charge in [-0.2, -0.15) is 4.98 Å². The van der Waals surface area contributed by atoms with Gasteiger partial charge in [0.25, 0.3) is 0 Å². The molecule has 24 heavy (non-hydrogen) atoms. The Hall–Kier alpha value is -0.570. The maximum atomic E-state index is 6.04. The van der Waals surface area contributed by atoms with Gasteiger partial charge in [0.2, 0.25) is 5.28 Å². The molecule has 0 unspecified atom stereocenters. The lowest BCUT2D eigenvalue weighted by atomic mass is 10.2. The summed E-state index contributed by atoms with van der Waals surface area (Å²) in [6.45, 7) is 2.51. The van der Waals surface area contributed by atoms with Gasteiger partial charge in [-0.1, -0.05) is 0 Å². The van der Waals surface area contributed by atoms with E-state index in [1.165, 1.54) is 0 Å². The standard InChI is InChI=1S/C14H14BrClN4OS.2ClH/c1-7(17)5-9-10(15)11-12(22-9)13(20-14(16)19-11)18-6-8-3-2-4-21-8;;/h2-4,7H,5-6,17H2,1H3,(H,18,19,20);2*1H/t7-;;/m0../s1. The van der Waals surface area contributed by atoms with E-state index in [9.17, 15) is 0 Å². The first kappa shape index (κ1) is 21.5. The zero-order chi connectivity index (χ0) is 15.7. The molecule has 0 radical (unpaired) electrons. The first-order chi connectivity index (χ1) is 10.5. The molecule has 1 atom stereocenters. The van der Waals surface area contributed by atoms with Gasteiger partial charge >= 0.3 is 0 Å². The lowest BCUT2D eigenvalue weighted by Crippen LogP contribution is -2.17. The molecule has 0 aromatic carbocycles. The minimum Gasteiger partial charge on any atom is -0.467 e. The van der Waals surface area contributed by atoms with E-state index in [2.05, 4.69) is 31.2 Å². The normalized spacial score (nSPS) is 11.7. The van der Waals surface area contributed by atoms with Crippen molar-refractivity contribution < 1.29 is 4.42 Å². The average Bonchev–Trinajstić information content (AvgIpc) is 3.07. The summed E-state index contributed by atoms with van der Waals surface area (Å²) in [6.07, 6.45) is 2.42. The molecule has 0 amide bonds. The zero-order valence-corrected chi connectivity index (χ0v) is 17.4. The summed E-state index contributed by atoms with van der Waals surface area (Å²) < 4.78 is 7.21. The molecule has 0 aliphatic heterocycles. The first-order valence-electron chi connectivity index (χ1n) is 6.71. The van der Waals surface area contributed by atoms with E-state index in [0.29, 0.717) is 12.4 Å². The van der Waals surface area contributed by atoms with Crippen LogP contribution in [0.4, 0.5) is 5.82 Å². The number of rotatable bonds is 5. The highest BCUT2D eigenvalue weighted by Gasteiger charge is 2.17.